The Morgan fingerprint density at radius 1 is 1.10 bits per heavy atom. The van der Waals surface area contributed by atoms with Crippen LogP contribution in [0.15, 0.2) is 47.1 Å². The molecule has 0 bridgehead atoms. The molecule has 0 spiro atoms. The number of sulfonamides is 1. The Bertz CT molecular complexity index is 1030. The number of nitrogens with one attached hydrogen (secondary N) is 1. The lowest BCUT2D eigenvalue weighted by Crippen LogP contribution is -2.51. The summed E-state index contributed by atoms with van der Waals surface area (Å²) in [6.45, 7) is 0.515. The SMILES string of the molecule is O=C(NCCS(=O)(=O)N1CCN(C(=O)c2ccco2)CC1)c1ccccc1[N+](=O)[O-]. The molecule has 12 heteroatoms. The Balaban J connectivity index is 1.51. The number of nitro groups is 1. The van der Waals surface area contributed by atoms with E-state index in [1.54, 1.807) is 12.1 Å². The lowest BCUT2D eigenvalue weighted by Gasteiger charge is -2.33. The van der Waals surface area contributed by atoms with Crippen molar-refractivity contribution < 1.29 is 27.3 Å². The third kappa shape index (κ3) is 4.83. The quantitative estimate of drug-likeness (QED) is 0.497. The van der Waals surface area contributed by atoms with Gasteiger partial charge < -0.3 is 14.6 Å². The molecule has 1 N–H and O–H groups in total. The highest BCUT2D eigenvalue weighted by molar-refractivity contribution is 7.89. The maximum Gasteiger partial charge on any atom is 0.289 e. The van der Waals surface area contributed by atoms with E-state index in [9.17, 15) is 28.1 Å². The Kier molecular flexibility index (Phi) is 6.47. The second-order valence-electron chi connectivity index (χ2n) is 6.51. The van der Waals surface area contributed by atoms with E-state index in [1.165, 1.54) is 39.7 Å². The number of hydrogen-bond acceptors (Lipinski definition) is 7. The van der Waals surface area contributed by atoms with Crippen molar-refractivity contribution >= 4 is 27.5 Å². The maximum absolute atomic E-state index is 12.5. The van der Waals surface area contributed by atoms with Gasteiger partial charge in [-0.15, -0.1) is 0 Å². The number of benzene rings is 1. The summed E-state index contributed by atoms with van der Waals surface area (Å²) in [5.41, 5.74) is -0.486. The molecule has 30 heavy (non-hydrogen) atoms. The topological polar surface area (TPSA) is 143 Å². The van der Waals surface area contributed by atoms with Crippen LogP contribution >= 0.6 is 0 Å². The fourth-order valence-corrected chi connectivity index (χ4v) is 4.41. The van der Waals surface area contributed by atoms with Crippen molar-refractivity contribution in [2.75, 3.05) is 38.5 Å². The van der Waals surface area contributed by atoms with Crippen molar-refractivity contribution in [3.8, 4) is 0 Å². The predicted octanol–water partition coefficient (Wildman–Crippen LogP) is 0.705. The van der Waals surface area contributed by atoms with Crippen LogP contribution in [0.3, 0.4) is 0 Å². The van der Waals surface area contributed by atoms with Crippen LogP contribution in [0.25, 0.3) is 0 Å². The van der Waals surface area contributed by atoms with E-state index in [4.69, 9.17) is 4.42 Å². The monoisotopic (exact) mass is 436 g/mol. The fourth-order valence-electron chi connectivity index (χ4n) is 3.07. The summed E-state index contributed by atoms with van der Waals surface area (Å²) < 4.78 is 31.4. The summed E-state index contributed by atoms with van der Waals surface area (Å²) in [4.78, 5) is 36.3. The molecule has 0 unspecified atom stereocenters. The molecule has 1 aliphatic rings. The largest absolute Gasteiger partial charge is 0.459 e. The predicted molar refractivity (Wildman–Crippen MR) is 105 cm³/mol. The van der Waals surface area contributed by atoms with E-state index >= 15 is 0 Å². The number of amides is 2. The summed E-state index contributed by atoms with van der Waals surface area (Å²) >= 11 is 0. The lowest BCUT2D eigenvalue weighted by atomic mass is 10.1. The molecule has 0 saturated carbocycles. The van der Waals surface area contributed by atoms with Gasteiger partial charge in [-0.2, -0.15) is 4.31 Å². The average Bonchev–Trinajstić information content (AvgIpc) is 3.28. The number of furan rings is 1. The highest BCUT2D eigenvalue weighted by atomic mass is 32.2. The highest BCUT2D eigenvalue weighted by Crippen LogP contribution is 2.17. The van der Waals surface area contributed by atoms with E-state index in [1.807, 2.05) is 0 Å². The standard InChI is InChI=1S/C18H20N4O7S/c23-17(14-4-1-2-5-15(14)22(25)26)19-7-13-30(27,28)21-10-8-20(9-11-21)18(24)16-6-3-12-29-16/h1-6,12H,7-11,13H2,(H,19,23). The number of nitrogens with zero attached hydrogens (tertiary/aromatic N) is 3. The first-order valence-electron chi connectivity index (χ1n) is 9.12. The zero-order valence-electron chi connectivity index (χ0n) is 15.9. The van der Waals surface area contributed by atoms with E-state index in [0.717, 1.165) is 0 Å². The Morgan fingerprint density at radius 3 is 2.43 bits per heavy atom. The molecule has 1 aromatic carbocycles. The van der Waals surface area contributed by atoms with Crippen molar-refractivity contribution in [2.45, 2.75) is 0 Å². The first-order valence-corrected chi connectivity index (χ1v) is 10.7. The summed E-state index contributed by atoms with van der Waals surface area (Å²) in [5.74, 6) is -1.17. The molecule has 1 saturated heterocycles. The Hall–Kier alpha value is -3.25. The van der Waals surface area contributed by atoms with Crippen LogP contribution in [0.5, 0.6) is 0 Å². The van der Waals surface area contributed by atoms with Crippen LogP contribution < -0.4 is 5.32 Å². The van der Waals surface area contributed by atoms with Crippen LogP contribution in [0, 0.1) is 10.1 Å². The number of piperazine rings is 1. The molecule has 11 nitrogen and oxygen atoms in total. The molecule has 0 atom stereocenters. The minimum atomic E-state index is -3.67. The highest BCUT2D eigenvalue weighted by Gasteiger charge is 2.30. The Morgan fingerprint density at radius 2 is 1.80 bits per heavy atom. The zero-order valence-corrected chi connectivity index (χ0v) is 16.7. The van der Waals surface area contributed by atoms with Gasteiger partial charge in [0, 0.05) is 38.8 Å². The second-order valence-corrected chi connectivity index (χ2v) is 8.60. The summed E-state index contributed by atoms with van der Waals surface area (Å²) in [5, 5.41) is 13.4. The molecule has 2 amide bonds. The van der Waals surface area contributed by atoms with Crippen LogP contribution in [-0.4, -0.2) is 72.8 Å². The van der Waals surface area contributed by atoms with Crippen molar-refractivity contribution in [1.82, 2.24) is 14.5 Å². The van der Waals surface area contributed by atoms with Crippen LogP contribution in [-0.2, 0) is 10.0 Å². The van der Waals surface area contributed by atoms with Crippen LogP contribution in [0.1, 0.15) is 20.9 Å². The van der Waals surface area contributed by atoms with Crippen molar-refractivity contribution in [2.24, 2.45) is 0 Å². The van der Waals surface area contributed by atoms with Crippen molar-refractivity contribution in [3.63, 3.8) is 0 Å². The third-order valence-corrected chi connectivity index (χ3v) is 6.51. The van der Waals surface area contributed by atoms with E-state index < -0.39 is 20.9 Å². The Labute approximate surface area is 172 Å². The number of nitro benzene ring substituents is 1. The van der Waals surface area contributed by atoms with Gasteiger partial charge in [0.05, 0.1) is 16.9 Å². The first-order chi connectivity index (χ1) is 14.3. The van der Waals surface area contributed by atoms with Gasteiger partial charge in [-0.3, -0.25) is 19.7 Å². The van der Waals surface area contributed by atoms with E-state index in [0.29, 0.717) is 0 Å². The molecule has 0 aliphatic carbocycles. The van der Waals surface area contributed by atoms with Crippen molar-refractivity contribution in [1.29, 1.82) is 0 Å². The minimum Gasteiger partial charge on any atom is -0.459 e. The van der Waals surface area contributed by atoms with Gasteiger partial charge in [-0.1, -0.05) is 12.1 Å². The minimum absolute atomic E-state index is 0.132. The van der Waals surface area contributed by atoms with Crippen molar-refractivity contribution in [3.05, 3.63) is 64.1 Å². The molecule has 2 heterocycles. The summed E-state index contributed by atoms with van der Waals surface area (Å²) in [7, 11) is -3.67. The van der Waals surface area contributed by atoms with Gasteiger partial charge >= 0.3 is 0 Å². The van der Waals surface area contributed by atoms with E-state index in [2.05, 4.69) is 5.32 Å². The maximum atomic E-state index is 12.5. The average molecular weight is 436 g/mol. The lowest BCUT2D eigenvalue weighted by molar-refractivity contribution is -0.385. The molecule has 2 aromatic rings. The summed E-state index contributed by atoms with van der Waals surface area (Å²) in [6.07, 6.45) is 1.40. The second kappa shape index (κ2) is 9.05. The zero-order chi connectivity index (χ0) is 21.7. The van der Waals surface area contributed by atoms with Gasteiger partial charge in [-0.25, -0.2) is 8.42 Å². The van der Waals surface area contributed by atoms with Crippen LogP contribution in [0.4, 0.5) is 5.69 Å². The summed E-state index contributed by atoms with van der Waals surface area (Å²) in [6, 6.07) is 8.59. The molecule has 1 aromatic heterocycles. The van der Waals surface area contributed by atoms with E-state index in [-0.39, 0.29) is 61.4 Å². The fraction of sp³-hybridized carbons (Fsp3) is 0.333. The van der Waals surface area contributed by atoms with Gasteiger partial charge in [-0.05, 0) is 18.2 Å². The van der Waals surface area contributed by atoms with Crippen LogP contribution in [0.2, 0.25) is 0 Å². The molecule has 1 fully saturated rings. The number of carbonyl (C=O) groups is 2. The number of para-hydroxylation sites is 1. The normalized spacial score (nSPS) is 15.0. The number of rotatable bonds is 7. The first kappa shape index (κ1) is 21.5. The van der Waals surface area contributed by atoms with Gasteiger partial charge in [0.25, 0.3) is 17.5 Å². The number of hydrogen-bond donors (Lipinski definition) is 1. The third-order valence-electron chi connectivity index (χ3n) is 4.64. The molecule has 1 aliphatic heterocycles. The molecular weight excluding hydrogens is 416 g/mol. The van der Waals surface area contributed by atoms with Gasteiger partial charge in [0.1, 0.15) is 5.56 Å². The van der Waals surface area contributed by atoms with Gasteiger partial charge in [0.2, 0.25) is 10.0 Å². The van der Waals surface area contributed by atoms with Gasteiger partial charge in [0.15, 0.2) is 5.76 Å². The smallest absolute Gasteiger partial charge is 0.289 e. The number of carbonyl (C=O) groups excluding carboxylic acids is 2. The molecular formula is C18H20N4O7S. The molecule has 160 valence electrons. The molecule has 0 radical (unpaired) electrons. The molecule has 3 rings (SSSR count).